The Morgan fingerprint density at radius 1 is 1.07 bits per heavy atom. The highest BCUT2D eigenvalue weighted by atomic mass is 32.1. The summed E-state index contributed by atoms with van der Waals surface area (Å²) in [6, 6.07) is 16.3. The van der Waals surface area contributed by atoms with Crippen molar-refractivity contribution in [3.63, 3.8) is 0 Å². The van der Waals surface area contributed by atoms with Gasteiger partial charge in [0, 0.05) is 36.6 Å². The number of para-hydroxylation sites is 2. The summed E-state index contributed by atoms with van der Waals surface area (Å²) in [6.07, 6.45) is 2.31. The van der Waals surface area contributed by atoms with Crippen molar-refractivity contribution in [1.82, 2.24) is 14.5 Å². The van der Waals surface area contributed by atoms with Crippen molar-refractivity contribution >= 4 is 34.0 Å². The number of amides is 1. The SMILES string of the molecule is Cn1c(Cc2nc(-c3ccc(N4CCCC4=O)cc3)cs2)nc2ccccc21. The van der Waals surface area contributed by atoms with Gasteiger partial charge in [0.1, 0.15) is 10.8 Å². The quantitative estimate of drug-likeness (QED) is 0.520. The maximum Gasteiger partial charge on any atom is 0.227 e. The van der Waals surface area contributed by atoms with Gasteiger partial charge in [-0.25, -0.2) is 9.97 Å². The van der Waals surface area contributed by atoms with E-state index in [0.29, 0.717) is 6.42 Å². The summed E-state index contributed by atoms with van der Waals surface area (Å²) in [7, 11) is 2.05. The molecule has 4 aromatic rings. The lowest BCUT2D eigenvalue weighted by atomic mass is 10.1. The Morgan fingerprint density at radius 3 is 2.64 bits per heavy atom. The second-order valence-electron chi connectivity index (χ2n) is 7.07. The first kappa shape index (κ1) is 17.1. The van der Waals surface area contributed by atoms with Crippen molar-refractivity contribution in [2.75, 3.05) is 11.4 Å². The molecular formula is C22H20N4OS. The number of benzene rings is 2. The minimum atomic E-state index is 0.214. The van der Waals surface area contributed by atoms with Gasteiger partial charge in [-0.3, -0.25) is 4.79 Å². The predicted molar refractivity (Wildman–Crippen MR) is 113 cm³/mol. The lowest BCUT2D eigenvalue weighted by Gasteiger charge is -2.15. The highest BCUT2D eigenvalue weighted by Gasteiger charge is 2.21. The Bertz CT molecular complexity index is 1160. The molecule has 5 nitrogen and oxygen atoms in total. The maximum atomic E-state index is 11.9. The van der Waals surface area contributed by atoms with Crippen LogP contribution in [-0.4, -0.2) is 27.0 Å². The third-order valence-electron chi connectivity index (χ3n) is 5.29. The topological polar surface area (TPSA) is 51.0 Å². The molecule has 0 aliphatic carbocycles. The first-order valence-electron chi connectivity index (χ1n) is 9.44. The van der Waals surface area contributed by atoms with Crippen molar-refractivity contribution in [3.8, 4) is 11.3 Å². The van der Waals surface area contributed by atoms with Crippen LogP contribution in [-0.2, 0) is 18.3 Å². The molecule has 0 bridgehead atoms. The van der Waals surface area contributed by atoms with Crippen LogP contribution >= 0.6 is 11.3 Å². The average molecular weight is 388 g/mol. The fourth-order valence-electron chi connectivity index (χ4n) is 3.75. The fraction of sp³-hybridized carbons (Fsp3) is 0.227. The number of hydrogen-bond donors (Lipinski definition) is 0. The van der Waals surface area contributed by atoms with Gasteiger partial charge in [0.15, 0.2) is 0 Å². The molecule has 0 spiro atoms. The minimum absolute atomic E-state index is 0.214. The standard InChI is InChI=1S/C22H20N4OS/c1-25-19-6-3-2-5-17(19)23-20(25)13-21-24-18(14-28-21)15-8-10-16(11-9-15)26-12-4-7-22(26)27/h2-3,5-6,8-11,14H,4,7,12-13H2,1H3. The van der Waals surface area contributed by atoms with Crippen LogP contribution in [0.25, 0.3) is 22.3 Å². The lowest BCUT2D eigenvalue weighted by molar-refractivity contribution is -0.117. The van der Waals surface area contributed by atoms with Crippen molar-refractivity contribution < 1.29 is 4.79 Å². The van der Waals surface area contributed by atoms with Gasteiger partial charge in [-0.15, -0.1) is 11.3 Å². The number of anilines is 1. The third-order valence-corrected chi connectivity index (χ3v) is 6.14. The average Bonchev–Trinajstić information content (AvgIpc) is 3.43. The number of fused-ring (bicyclic) bond motifs is 1. The van der Waals surface area contributed by atoms with E-state index < -0.39 is 0 Å². The Labute approximate surface area is 167 Å². The van der Waals surface area contributed by atoms with Crippen LogP contribution in [0.3, 0.4) is 0 Å². The van der Waals surface area contributed by atoms with Crippen LogP contribution in [0.5, 0.6) is 0 Å². The van der Waals surface area contributed by atoms with E-state index in [9.17, 15) is 4.79 Å². The number of aromatic nitrogens is 3. The molecule has 2 aromatic heterocycles. The number of carbonyl (C=O) groups excluding carboxylic acids is 1. The highest BCUT2D eigenvalue weighted by Crippen LogP contribution is 2.28. The van der Waals surface area contributed by atoms with Crippen molar-refractivity contribution in [2.24, 2.45) is 7.05 Å². The Hall–Kier alpha value is -2.99. The van der Waals surface area contributed by atoms with E-state index in [0.717, 1.165) is 58.2 Å². The molecule has 0 unspecified atom stereocenters. The van der Waals surface area contributed by atoms with E-state index in [1.807, 2.05) is 35.2 Å². The lowest BCUT2D eigenvalue weighted by Crippen LogP contribution is -2.23. The second kappa shape index (κ2) is 6.87. The zero-order valence-electron chi connectivity index (χ0n) is 15.6. The molecule has 1 amide bonds. The first-order chi connectivity index (χ1) is 13.7. The van der Waals surface area contributed by atoms with Crippen LogP contribution < -0.4 is 4.90 Å². The van der Waals surface area contributed by atoms with Crippen LogP contribution in [0.2, 0.25) is 0 Å². The normalized spacial score (nSPS) is 14.3. The molecule has 0 N–H and O–H groups in total. The van der Waals surface area contributed by atoms with Gasteiger partial charge < -0.3 is 9.47 Å². The highest BCUT2D eigenvalue weighted by molar-refractivity contribution is 7.10. The molecule has 1 aliphatic heterocycles. The molecule has 5 rings (SSSR count). The molecule has 1 saturated heterocycles. The van der Waals surface area contributed by atoms with Gasteiger partial charge in [-0.1, -0.05) is 24.3 Å². The summed E-state index contributed by atoms with van der Waals surface area (Å²) in [6.45, 7) is 0.817. The number of carbonyl (C=O) groups is 1. The van der Waals surface area contributed by atoms with E-state index >= 15 is 0 Å². The maximum absolute atomic E-state index is 11.9. The molecule has 1 fully saturated rings. The molecule has 3 heterocycles. The van der Waals surface area contributed by atoms with Crippen LogP contribution in [0.1, 0.15) is 23.7 Å². The van der Waals surface area contributed by atoms with E-state index in [2.05, 4.69) is 35.2 Å². The van der Waals surface area contributed by atoms with Crippen molar-refractivity contribution in [2.45, 2.75) is 19.3 Å². The Balaban J connectivity index is 1.37. The third kappa shape index (κ3) is 2.99. The number of rotatable bonds is 4. The fourth-order valence-corrected chi connectivity index (χ4v) is 4.55. The van der Waals surface area contributed by atoms with E-state index in [1.54, 1.807) is 11.3 Å². The van der Waals surface area contributed by atoms with Crippen molar-refractivity contribution in [1.29, 1.82) is 0 Å². The smallest absolute Gasteiger partial charge is 0.227 e. The van der Waals surface area contributed by atoms with E-state index in [1.165, 1.54) is 0 Å². The van der Waals surface area contributed by atoms with Gasteiger partial charge in [0.2, 0.25) is 5.91 Å². The van der Waals surface area contributed by atoms with E-state index in [4.69, 9.17) is 9.97 Å². The summed E-state index contributed by atoms with van der Waals surface area (Å²) >= 11 is 1.66. The monoisotopic (exact) mass is 388 g/mol. The molecular weight excluding hydrogens is 368 g/mol. The molecule has 0 atom stereocenters. The number of nitrogens with zero attached hydrogens (tertiary/aromatic N) is 4. The predicted octanol–water partition coefficient (Wildman–Crippen LogP) is 4.41. The van der Waals surface area contributed by atoms with Crippen molar-refractivity contribution in [3.05, 3.63) is 64.7 Å². The molecule has 2 aromatic carbocycles. The van der Waals surface area contributed by atoms with Crippen LogP contribution in [0.4, 0.5) is 5.69 Å². The van der Waals surface area contributed by atoms with Gasteiger partial charge in [-0.05, 0) is 30.7 Å². The number of thiazole rings is 1. The molecule has 28 heavy (non-hydrogen) atoms. The summed E-state index contributed by atoms with van der Waals surface area (Å²) in [5.41, 5.74) is 5.17. The largest absolute Gasteiger partial charge is 0.331 e. The van der Waals surface area contributed by atoms with Gasteiger partial charge in [0.25, 0.3) is 0 Å². The summed E-state index contributed by atoms with van der Waals surface area (Å²) in [5, 5.41) is 3.14. The second-order valence-corrected chi connectivity index (χ2v) is 8.02. The number of imidazole rings is 1. The molecule has 0 saturated carbocycles. The van der Waals surface area contributed by atoms with E-state index in [-0.39, 0.29) is 5.91 Å². The summed E-state index contributed by atoms with van der Waals surface area (Å²) in [5.74, 6) is 1.23. The number of hydrogen-bond acceptors (Lipinski definition) is 4. The minimum Gasteiger partial charge on any atom is -0.331 e. The zero-order valence-corrected chi connectivity index (χ0v) is 16.4. The van der Waals surface area contributed by atoms with Crippen LogP contribution in [0, 0.1) is 0 Å². The van der Waals surface area contributed by atoms with Gasteiger partial charge in [-0.2, -0.15) is 0 Å². The molecule has 6 heteroatoms. The summed E-state index contributed by atoms with van der Waals surface area (Å²) in [4.78, 5) is 23.3. The van der Waals surface area contributed by atoms with Gasteiger partial charge in [0.05, 0.1) is 23.1 Å². The van der Waals surface area contributed by atoms with Crippen LogP contribution in [0.15, 0.2) is 53.9 Å². The number of aryl methyl sites for hydroxylation is 1. The Kier molecular flexibility index (Phi) is 4.20. The molecule has 1 aliphatic rings. The van der Waals surface area contributed by atoms with Gasteiger partial charge >= 0.3 is 0 Å². The first-order valence-corrected chi connectivity index (χ1v) is 10.3. The zero-order chi connectivity index (χ0) is 19.1. The molecule has 140 valence electrons. The summed E-state index contributed by atoms with van der Waals surface area (Å²) < 4.78 is 2.14. The molecule has 0 radical (unpaired) electrons. The Morgan fingerprint density at radius 2 is 1.89 bits per heavy atom.